The molecule has 6 heteroatoms. The minimum absolute atomic E-state index is 0.0534. The summed E-state index contributed by atoms with van der Waals surface area (Å²) in [7, 11) is 1.73. The van der Waals surface area contributed by atoms with Crippen LogP contribution in [-0.2, 0) is 0 Å². The number of nitrogens with zero attached hydrogens (tertiary/aromatic N) is 3. The second-order valence-corrected chi connectivity index (χ2v) is 3.63. The van der Waals surface area contributed by atoms with Crippen LogP contribution in [0.4, 0.5) is 5.82 Å². The van der Waals surface area contributed by atoms with Gasteiger partial charge in [-0.3, -0.25) is 4.79 Å². The molecule has 1 aliphatic carbocycles. The minimum atomic E-state index is -0.226. The van der Waals surface area contributed by atoms with Gasteiger partial charge in [-0.1, -0.05) is 0 Å². The zero-order chi connectivity index (χ0) is 10.1. The molecule has 2 N–H and O–H groups in total. The van der Waals surface area contributed by atoms with Gasteiger partial charge in [0.2, 0.25) is 11.5 Å². The molecule has 1 amide bonds. The fourth-order valence-electron chi connectivity index (χ4n) is 1.30. The van der Waals surface area contributed by atoms with Crippen molar-refractivity contribution in [3.63, 3.8) is 0 Å². The molecule has 1 aromatic rings. The molecule has 0 bridgehead atoms. The summed E-state index contributed by atoms with van der Waals surface area (Å²) in [5.41, 5.74) is 5.52. The highest BCUT2D eigenvalue weighted by atomic mass is 16.6. The standard InChI is InChI=1S/C8H12N4O2/c1-12(4-5-2-3-5)8(13)6-7(9)11-14-10-6/h5H,2-4H2,1H3,(H2,9,11). The Balaban J connectivity index is 2.03. The SMILES string of the molecule is CN(CC1CC1)C(=O)c1nonc1N. The first-order chi connectivity index (χ1) is 6.68. The molecule has 0 spiro atoms. The second kappa shape index (κ2) is 3.28. The smallest absolute Gasteiger partial charge is 0.279 e. The van der Waals surface area contributed by atoms with Crippen molar-refractivity contribution >= 4 is 11.7 Å². The maximum Gasteiger partial charge on any atom is 0.279 e. The van der Waals surface area contributed by atoms with Crippen molar-refractivity contribution < 1.29 is 9.42 Å². The van der Waals surface area contributed by atoms with Crippen LogP contribution in [0.5, 0.6) is 0 Å². The van der Waals surface area contributed by atoms with Crippen molar-refractivity contribution in [1.29, 1.82) is 0 Å². The maximum atomic E-state index is 11.7. The Labute approximate surface area is 81.0 Å². The highest BCUT2D eigenvalue weighted by Gasteiger charge is 2.27. The lowest BCUT2D eigenvalue weighted by molar-refractivity contribution is 0.0778. The van der Waals surface area contributed by atoms with E-state index in [-0.39, 0.29) is 17.4 Å². The molecule has 1 aliphatic rings. The molecule has 0 aromatic carbocycles. The summed E-state index contributed by atoms with van der Waals surface area (Å²) in [5, 5.41) is 6.82. The number of aromatic nitrogens is 2. The molecule has 0 aliphatic heterocycles. The molecule has 0 atom stereocenters. The van der Waals surface area contributed by atoms with Crippen LogP contribution < -0.4 is 5.73 Å². The van der Waals surface area contributed by atoms with Gasteiger partial charge in [-0.2, -0.15) is 0 Å². The van der Waals surface area contributed by atoms with Crippen LogP contribution in [0.25, 0.3) is 0 Å². The van der Waals surface area contributed by atoms with Crippen LogP contribution in [-0.4, -0.2) is 34.7 Å². The van der Waals surface area contributed by atoms with Gasteiger partial charge in [0.1, 0.15) is 0 Å². The van der Waals surface area contributed by atoms with E-state index in [1.54, 1.807) is 11.9 Å². The number of anilines is 1. The summed E-state index contributed by atoms with van der Waals surface area (Å²) in [6.07, 6.45) is 2.40. The van der Waals surface area contributed by atoms with E-state index in [4.69, 9.17) is 5.73 Å². The van der Waals surface area contributed by atoms with Crippen molar-refractivity contribution in [2.45, 2.75) is 12.8 Å². The number of carbonyl (C=O) groups excluding carboxylic acids is 1. The predicted octanol–water partition coefficient (Wildman–Crippen LogP) is 0.134. The van der Waals surface area contributed by atoms with E-state index in [0.29, 0.717) is 5.92 Å². The number of rotatable bonds is 3. The Hall–Kier alpha value is -1.59. The van der Waals surface area contributed by atoms with Crippen molar-refractivity contribution in [2.24, 2.45) is 5.92 Å². The summed E-state index contributed by atoms with van der Waals surface area (Å²) < 4.78 is 4.36. The van der Waals surface area contributed by atoms with Crippen molar-refractivity contribution in [3.8, 4) is 0 Å². The highest BCUT2D eigenvalue weighted by molar-refractivity contribution is 5.95. The molecule has 6 nitrogen and oxygen atoms in total. The molecule has 1 fully saturated rings. The normalized spacial score (nSPS) is 15.5. The van der Waals surface area contributed by atoms with Crippen LogP contribution >= 0.6 is 0 Å². The van der Waals surface area contributed by atoms with Gasteiger partial charge >= 0.3 is 0 Å². The molecule has 1 saturated carbocycles. The lowest BCUT2D eigenvalue weighted by Crippen LogP contribution is -2.29. The fourth-order valence-corrected chi connectivity index (χ4v) is 1.30. The second-order valence-electron chi connectivity index (χ2n) is 3.63. The number of nitrogens with two attached hydrogens (primary N) is 1. The van der Waals surface area contributed by atoms with Crippen molar-refractivity contribution in [3.05, 3.63) is 5.69 Å². The minimum Gasteiger partial charge on any atom is -0.379 e. The molecule has 0 saturated heterocycles. The molecular weight excluding hydrogens is 184 g/mol. The van der Waals surface area contributed by atoms with Crippen molar-refractivity contribution in [1.82, 2.24) is 15.2 Å². The average Bonchev–Trinajstić information content (AvgIpc) is 2.86. The van der Waals surface area contributed by atoms with Crippen LogP contribution in [0, 0.1) is 5.92 Å². The number of amides is 1. The number of hydrogen-bond donors (Lipinski definition) is 1. The third-order valence-electron chi connectivity index (χ3n) is 2.29. The van der Waals surface area contributed by atoms with E-state index in [0.717, 1.165) is 6.54 Å². The molecule has 1 heterocycles. The molecule has 2 rings (SSSR count). The maximum absolute atomic E-state index is 11.7. The van der Waals surface area contributed by atoms with Gasteiger partial charge < -0.3 is 10.6 Å². The largest absolute Gasteiger partial charge is 0.379 e. The highest BCUT2D eigenvalue weighted by Crippen LogP contribution is 2.29. The lowest BCUT2D eigenvalue weighted by atomic mass is 10.3. The van der Waals surface area contributed by atoms with E-state index in [1.165, 1.54) is 12.8 Å². The van der Waals surface area contributed by atoms with E-state index in [1.807, 2.05) is 0 Å². The first-order valence-electron chi connectivity index (χ1n) is 4.52. The Morgan fingerprint density at radius 1 is 1.64 bits per heavy atom. The van der Waals surface area contributed by atoms with Gasteiger partial charge in [-0.05, 0) is 29.1 Å². The van der Waals surface area contributed by atoms with Gasteiger partial charge in [0.25, 0.3) is 5.91 Å². The van der Waals surface area contributed by atoms with Crippen LogP contribution in [0.2, 0.25) is 0 Å². The average molecular weight is 196 g/mol. The molecule has 14 heavy (non-hydrogen) atoms. The summed E-state index contributed by atoms with van der Waals surface area (Å²) in [4.78, 5) is 13.3. The number of carbonyl (C=O) groups is 1. The van der Waals surface area contributed by atoms with Crippen molar-refractivity contribution in [2.75, 3.05) is 19.3 Å². The molecule has 0 unspecified atom stereocenters. The molecule has 76 valence electrons. The quantitative estimate of drug-likeness (QED) is 0.742. The third-order valence-corrected chi connectivity index (χ3v) is 2.29. The first kappa shape index (κ1) is 8.98. The first-order valence-corrected chi connectivity index (χ1v) is 4.52. The zero-order valence-electron chi connectivity index (χ0n) is 7.93. The van der Waals surface area contributed by atoms with E-state index in [9.17, 15) is 4.79 Å². The number of nitrogen functional groups attached to an aromatic ring is 1. The van der Waals surface area contributed by atoms with Crippen LogP contribution in [0.3, 0.4) is 0 Å². The Morgan fingerprint density at radius 2 is 2.36 bits per heavy atom. The zero-order valence-corrected chi connectivity index (χ0v) is 7.93. The monoisotopic (exact) mass is 196 g/mol. The molecular formula is C8H12N4O2. The van der Waals surface area contributed by atoms with Gasteiger partial charge in [0.05, 0.1) is 0 Å². The summed E-state index contributed by atoms with van der Waals surface area (Å²) in [5.74, 6) is 0.471. The van der Waals surface area contributed by atoms with Gasteiger partial charge in [0, 0.05) is 13.6 Å². The molecule has 0 radical (unpaired) electrons. The van der Waals surface area contributed by atoms with Crippen LogP contribution in [0.1, 0.15) is 23.3 Å². The fraction of sp³-hybridized carbons (Fsp3) is 0.625. The predicted molar refractivity (Wildman–Crippen MR) is 48.4 cm³/mol. The topological polar surface area (TPSA) is 85.2 Å². The Morgan fingerprint density at radius 3 is 2.86 bits per heavy atom. The van der Waals surface area contributed by atoms with Gasteiger partial charge in [-0.15, -0.1) is 0 Å². The van der Waals surface area contributed by atoms with Gasteiger partial charge in [-0.25, -0.2) is 4.63 Å². The third kappa shape index (κ3) is 1.68. The lowest BCUT2D eigenvalue weighted by Gasteiger charge is -2.14. The molecule has 1 aromatic heterocycles. The summed E-state index contributed by atoms with van der Waals surface area (Å²) in [6, 6.07) is 0. The van der Waals surface area contributed by atoms with E-state index < -0.39 is 0 Å². The summed E-state index contributed by atoms with van der Waals surface area (Å²) >= 11 is 0. The Kier molecular flexibility index (Phi) is 2.11. The van der Waals surface area contributed by atoms with Gasteiger partial charge in [0.15, 0.2) is 0 Å². The Bertz CT molecular complexity index is 345. The van der Waals surface area contributed by atoms with E-state index >= 15 is 0 Å². The van der Waals surface area contributed by atoms with Crippen LogP contribution in [0.15, 0.2) is 4.63 Å². The summed E-state index contributed by atoms with van der Waals surface area (Å²) in [6.45, 7) is 0.755. The van der Waals surface area contributed by atoms with E-state index in [2.05, 4.69) is 14.9 Å². The number of hydrogen-bond acceptors (Lipinski definition) is 5.